The van der Waals surface area contributed by atoms with Crippen LogP contribution in [0.4, 0.5) is 0 Å². The number of aromatic amines is 1. The molecule has 0 saturated heterocycles. The maximum Gasteiger partial charge on any atom is 0.261 e. The average molecular weight is 250 g/mol. The molecule has 5 nitrogen and oxygen atoms in total. The Hall–Kier alpha value is -1.69. The molecule has 0 aliphatic rings. The van der Waals surface area contributed by atoms with Crippen LogP contribution in [0.25, 0.3) is 11.4 Å². The molecular formula is C11H14N4OS. The number of pyridine rings is 1. The summed E-state index contributed by atoms with van der Waals surface area (Å²) in [5, 5.41) is 6.87. The normalized spacial score (nSPS) is 10.7. The van der Waals surface area contributed by atoms with Crippen molar-refractivity contribution in [3.8, 4) is 11.4 Å². The van der Waals surface area contributed by atoms with E-state index in [1.165, 1.54) is 4.57 Å². The molecule has 0 spiro atoms. The molecule has 0 aliphatic carbocycles. The molecule has 0 atom stereocenters. The van der Waals surface area contributed by atoms with Gasteiger partial charge in [0.2, 0.25) is 0 Å². The van der Waals surface area contributed by atoms with Crippen LogP contribution in [0.1, 0.15) is 13.3 Å². The van der Waals surface area contributed by atoms with Gasteiger partial charge in [-0.25, -0.2) is 0 Å². The van der Waals surface area contributed by atoms with Crippen molar-refractivity contribution >= 4 is 12.2 Å². The third kappa shape index (κ3) is 2.08. The predicted molar refractivity (Wildman–Crippen MR) is 68.4 cm³/mol. The maximum absolute atomic E-state index is 12.0. The summed E-state index contributed by atoms with van der Waals surface area (Å²) in [6.45, 7) is 2.81. The second-order valence-corrected chi connectivity index (χ2v) is 4.23. The van der Waals surface area contributed by atoms with Crippen LogP contribution in [0.2, 0.25) is 0 Å². The molecule has 0 fully saturated rings. The van der Waals surface area contributed by atoms with Crippen molar-refractivity contribution in [3.05, 3.63) is 33.5 Å². The average Bonchev–Trinajstić information content (AvgIpc) is 2.66. The van der Waals surface area contributed by atoms with Crippen molar-refractivity contribution in [3.63, 3.8) is 0 Å². The Morgan fingerprint density at radius 1 is 1.53 bits per heavy atom. The zero-order chi connectivity index (χ0) is 12.4. The fourth-order valence-electron chi connectivity index (χ4n) is 1.72. The van der Waals surface area contributed by atoms with Crippen LogP contribution >= 0.6 is 12.2 Å². The molecule has 17 heavy (non-hydrogen) atoms. The first kappa shape index (κ1) is 11.8. The van der Waals surface area contributed by atoms with Crippen molar-refractivity contribution in [2.45, 2.75) is 19.9 Å². The molecule has 2 heterocycles. The van der Waals surface area contributed by atoms with Crippen molar-refractivity contribution in [2.75, 3.05) is 0 Å². The number of hydrogen-bond donors (Lipinski definition) is 1. The second kappa shape index (κ2) is 4.67. The number of hydrogen-bond acceptors (Lipinski definition) is 3. The molecule has 1 N–H and O–H groups in total. The quantitative estimate of drug-likeness (QED) is 0.844. The molecule has 6 heteroatoms. The van der Waals surface area contributed by atoms with Crippen molar-refractivity contribution in [1.82, 2.24) is 19.3 Å². The van der Waals surface area contributed by atoms with Crippen LogP contribution in [0.3, 0.4) is 0 Å². The SMILES string of the molecule is CCCn1c(-c2cccn(C)c2=O)n[nH]c1=S. The van der Waals surface area contributed by atoms with Gasteiger partial charge in [0.1, 0.15) is 0 Å². The summed E-state index contributed by atoms with van der Waals surface area (Å²) >= 11 is 5.15. The molecule has 0 bridgehead atoms. The molecule has 0 aliphatic heterocycles. The lowest BCUT2D eigenvalue weighted by atomic mass is 10.2. The van der Waals surface area contributed by atoms with E-state index in [0.717, 1.165) is 13.0 Å². The van der Waals surface area contributed by atoms with E-state index < -0.39 is 0 Å². The van der Waals surface area contributed by atoms with Gasteiger partial charge in [0.05, 0.1) is 5.56 Å². The molecule has 0 unspecified atom stereocenters. The minimum Gasteiger partial charge on any atom is -0.318 e. The highest BCUT2D eigenvalue weighted by Crippen LogP contribution is 2.12. The maximum atomic E-state index is 12.0. The molecule has 0 saturated carbocycles. The first-order chi connectivity index (χ1) is 8.15. The lowest BCUT2D eigenvalue weighted by Gasteiger charge is -2.05. The number of rotatable bonds is 3. The molecule has 2 rings (SSSR count). The van der Waals surface area contributed by atoms with Crippen LogP contribution in [-0.2, 0) is 13.6 Å². The Kier molecular flexibility index (Phi) is 3.23. The Bertz CT molecular complexity index is 637. The van der Waals surface area contributed by atoms with Gasteiger partial charge in [-0.15, -0.1) is 0 Å². The number of H-pyrrole nitrogens is 1. The summed E-state index contributed by atoms with van der Waals surface area (Å²) in [5.74, 6) is 0.609. The minimum absolute atomic E-state index is 0.0705. The van der Waals surface area contributed by atoms with E-state index in [9.17, 15) is 4.79 Å². The molecule has 2 aromatic rings. The first-order valence-electron chi connectivity index (χ1n) is 5.46. The lowest BCUT2D eigenvalue weighted by Crippen LogP contribution is -2.19. The summed E-state index contributed by atoms with van der Waals surface area (Å²) < 4.78 is 3.93. The molecule has 0 amide bonds. The predicted octanol–water partition coefficient (Wildman–Crippen LogP) is 1.72. The van der Waals surface area contributed by atoms with Crippen LogP contribution in [0, 0.1) is 4.77 Å². The fourth-order valence-corrected chi connectivity index (χ4v) is 1.95. The van der Waals surface area contributed by atoms with Crippen LogP contribution in [-0.4, -0.2) is 19.3 Å². The number of nitrogens with one attached hydrogen (secondary N) is 1. The zero-order valence-electron chi connectivity index (χ0n) is 9.80. The summed E-state index contributed by atoms with van der Waals surface area (Å²) in [6.07, 6.45) is 2.66. The number of aromatic nitrogens is 4. The molecule has 0 radical (unpaired) electrons. The van der Waals surface area contributed by atoms with E-state index >= 15 is 0 Å². The third-order valence-corrected chi connectivity index (χ3v) is 2.88. The van der Waals surface area contributed by atoms with Gasteiger partial charge in [0, 0.05) is 19.8 Å². The topological polar surface area (TPSA) is 55.6 Å². The van der Waals surface area contributed by atoms with Gasteiger partial charge in [-0.2, -0.15) is 5.10 Å². The van der Waals surface area contributed by atoms with E-state index in [4.69, 9.17) is 12.2 Å². The summed E-state index contributed by atoms with van der Waals surface area (Å²) in [4.78, 5) is 12.0. The number of aryl methyl sites for hydroxylation is 1. The molecule has 2 aromatic heterocycles. The zero-order valence-corrected chi connectivity index (χ0v) is 10.6. The van der Waals surface area contributed by atoms with Gasteiger partial charge in [0.15, 0.2) is 10.6 Å². The van der Waals surface area contributed by atoms with E-state index in [2.05, 4.69) is 17.1 Å². The van der Waals surface area contributed by atoms with Gasteiger partial charge in [-0.3, -0.25) is 9.89 Å². The smallest absolute Gasteiger partial charge is 0.261 e. The Morgan fingerprint density at radius 3 is 3.00 bits per heavy atom. The second-order valence-electron chi connectivity index (χ2n) is 3.84. The Labute approximate surface area is 104 Å². The highest BCUT2D eigenvalue weighted by molar-refractivity contribution is 7.71. The standard InChI is InChI=1S/C11H14N4OS/c1-3-6-15-9(12-13-11(15)17)8-5-4-7-14(2)10(8)16/h4-5,7H,3,6H2,1-2H3,(H,13,17). The van der Waals surface area contributed by atoms with Gasteiger partial charge < -0.3 is 9.13 Å². The fraction of sp³-hybridized carbons (Fsp3) is 0.364. The monoisotopic (exact) mass is 250 g/mol. The lowest BCUT2D eigenvalue weighted by molar-refractivity contribution is 0.673. The Balaban J connectivity index is 2.65. The van der Waals surface area contributed by atoms with Crippen molar-refractivity contribution in [2.24, 2.45) is 7.05 Å². The minimum atomic E-state index is -0.0705. The van der Waals surface area contributed by atoms with Gasteiger partial charge in [-0.1, -0.05) is 6.92 Å². The van der Waals surface area contributed by atoms with Crippen molar-refractivity contribution in [1.29, 1.82) is 0 Å². The molecular weight excluding hydrogens is 236 g/mol. The largest absolute Gasteiger partial charge is 0.318 e. The van der Waals surface area contributed by atoms with E-state index in [0.29, 0.717) is 16.2 Å². The van der Waals surface area contributed by atoms with Crippen molar-refractivity contribution < 1.29 is 0 Å². The highest BCUT2D eigenvalue weighted by atomic mass is 32.1. The van der Waals surface area contributed by atoms with E-state index in [1.54, 1.807) is 19.3 Å². The molecule has 0 aromatic carbocycles. The molecule has 90 valence electrons. The van der Waals surface area contributed by atoms with Gasteiger partial charge in [0.25, 0.3) is 5.56 Å². The van der Waals surface area contributed by atoms with Crippen LogP contribution in [0.5, 0.6) is 0 Å². The van der Waals surface area contributed by atoms with Crippen LogP contribution in [0.15, 0.2) is 23.1 Å². The highest BCUT2D eigenvalue weighted by Gasteiger charge is 2.11. The first-order valence-corrected chi connectivity index (χ1v) is 5.87. The van der Waals surface area contributed by atoms with Crippen LogP contribution < -0.4 is 5.56 Å². The van der Waals surface area contributed by atoms with E-state index in [-0.39, 0.29) is 5.56 Å². The Morgan fingerprint density at radius 2 is 2.29 bits per heavy atom. The summed E-state index contributed by atoms with van der Waals surface area (Å²) in [7, 11) is 1.72. The summed E-state index contributed by atoms with van der Waals surface area (Å²) in [5.41, 5.74) is 0.495. The third-order valence-electron chi connectivity index (χ3n) is 2.57. The summed E-state index contributed by atoms with van der Waals surface area (Å²) in [6, 6.07) is 3.59. The number of nitrogens with zero attached hydrogens (tertiary/aromatic N) is 3. The van der Waals surface area contributed by atoms with Gasteiger partial charge in [-0.05, 0) is 30.8 Å². The van der Waals surface area contributed by atoms with Gasteiger partial charge >= 0.3 is 0 Å². The van der Waals surface area contributed by atoms with E-state index in [1.807, 2.05) is 10.6 Å².